The van der Waals surface area contributed by atoms with Crippen LogP contribution in [0.25, 0.3) is 0 Å². The predicted octanol–water partition coefficient (Wildman–Crippen LogP) is 4.43. The average Bonchev–Trinajstić information content (AvgIpc) is 2.78. The van der Waals surface area contributed by atoms with Crippen molar-refractivity contribution >= 4 is 11.6 Å². The van der Waals surface area contributed by atoms with Gasteiger partial charge in [-0.3, -0.25) is 0 Å². The highest BCUT2D eigenvalue weighted by Crippen LogP contribution is 2.14. The van der Waals surface area contributed by atoms with E-state index in [-0.39, 0.29) is 0 Å². The molecule has 6 nitrogen and oxygen atoms in total. The molecule has 1 atom stereocenters. The molecule has 184 valence electrons. The minimum atomic E-state index is 0.345. The largest absolute Gasteiger partial charge is 0.501 e. The molecule has 0 aliphatic heterocycles. The predicted molar refractivity (Wildman–Crippen MR) is 136 cm³/mol. The van der Waals surface area contributed by atoms with E-state index in [0.29, 0.717) is 29.8 Å². The molecule has 0 rings (SSSR count). The monoisotopic (exact) mass is 461 g/mol. The van der Waals surface area contributed by atoms with Crippen LogP contribution < -0.4 is 11.1 Å². The topological polar surface area (TPSA) is 91.0 Å². The standard InChI is InChI=1S/C10H17ClN2O.C10H23NO.C2H2O.C2H6/c1-7(12)10(11)5-9(6-13-3)8(2)14-4;1-4-10(9-12)7-8-11(5-2)6-3;1-2-3;1-2/h5,13H,1,6,12H2,2-4H3;10,12H,4-9H2,1-3H3;1,3H;1-2H3/b9-8-,10-5+;;;. The van der Waals surface area contributed by atoms with Crippen molar-refractivity contribution in [3.8, 4) is 12.5 Å². The van der Waals surface area contributed by atoms with E-state index >= 15 is 0 Å². The zero-order valence-corrected chi connectivity index (χ0v) is 21.9. The third-order valence-electron chi connectivity index (χ3n) is 4.32. The Kier molecular flexibility index (Phi) is 33.6. The van der Waals surface area contributed by atoms with Crippen molar-refractivity contribution in [1.29, 1.82) is 0 Å². The summed E-state index contributed by atoms with van der Waals surface area (Å²) in [5, 5.41) is 19.5. The summed E-state index contributed by atoms with van der Waals surface area (Å²) in [5.74, 6) is 1.31. The van der Waals surface area contributed by atoms with Crippen molar-refractivity contribution < 1.29 is 14.9 Å². The molecule has 0 radical (unpaired) electrons. The molecule has 0 fully saturated rings. The van der Waals surface area contributed by atoms with Gasteiger partial charge in [0.05, 0.1) is 17.9 Å². The fourth-order valence-electron chi connectivity index (χ4n) is 2.17. The van der Waals surface area contributed by atoms with Crippen LogP contribution in [0.15, 0.2) is 34.7 Å². The number of rotatable bonds is 12. The molecule has 31 heavy (non-hydrogen) atoms. The highest BCUT2D eigenvalue weighted by atomic mass is 35.5. The normalized spacial score (nSPS) is 11.9. The number of ether oxygens (including phenoxy) is 1. The van der Waals surface area contributed by atoms with Crippen LogP contribution in [0, 0.1) is 18.4 Å². The van der Waals surface area contributed by atoms with Crippen molar-refractivity contribution in [2.75, 3.05) is 46.9 Å². The zero-order chi connectivity index (χ0) is 25.2. The first-order valence-electron chi connectivity index (χ1n) is 10.9. The van der Waals surface area contributed by atoms with E-state index in [1.807, 2.05) is 27.8 Å². The number of nitrogens with zero attached hydrogens (tertiary/aromatic N) is 1. The molecule has 0 saturated heterocycles. The molecule has 0 spiro atoms. The van der Waals surface area contributed by atoms with Crippen molar-refractivity contribution in [3.05, 3.63) is 34.7 Å². The Balaban J connectivity index is -0.000000196. The van der Waals surface area contributed by atoms with Crippen molar-refractivity contribution in [2.45, 2.75) is 54.4 Å². The Morgan fingerprint density at radius 2 is 1.81 bits per heavy atom. The van der Waals surface area contributed by atoms with Crippen LogP contribution in [-0.2, 0) is 4.74 Å². The maximum Gasteiger partial charge on any atom is 0.103 e. The molecular weight excluding hydrogens is 414 g/mol. The van der Waals surface area contributed by atoms with Gasteiger partial charge >= 0.3 is 0 Å². The van der Waals surface area contributed by atoms with Crippen LogP contribution in [-0.4, -0.2) is 62.1 Å². The van der Waals surface area contributed by atoms with Gasteiger partial charge in [-0.05, 0) is 52.0 Å². The fourth-order valence-corrected chi connectivity index (χ4v) is 2.31. The number of hydrogen-bond acceptors (Lipinski definition) is 6. The first-order chi connectivity index (χ1) is 14.7. The van der Waals surface area contributed by atoms with Gasteiger partial charge < -0.3 is 30.9 Å². The van der Waals surface area contributed by atoms with E-state index in [4.69, 9.17) is 32.3 Å². The van der Waals surface area contributed by atoms with Crippen LogP contribution in [0.3, 0.4) is 0 Å². The van der Waals surface area contributed by atoms with Crippen LogP contribution in [0.1, 0.15) is 54.4 Å². The third kappa shape index (κ3) is 24.5. The SMILES string of the molecule is C#CO.C=C(N)/C(Cl)=C\C(CNC)=C(/C)OC.CC.CCC(CO)CCN(CC)CC. The molecule has 0 aromatic heterocycles. The lowest BCUT2D eigenvalue weighted by molar-refractivity contribution is 0.192. The highest BCUT2D eigenvalue weighted by molar-refractivity contribution is 6.32. The number of allylic oxidation sites excluding steroid dienone is 2. The number of nitrogens with one attached hydrogen (secondary N) is 1. The summed E-state index contributed by atoms with van der Waals surface area (Å²) in [6.45, 7) is 20.3. The molecule has 7 heteroatoms. The Labute approximate surface area is 197 Å². The molecule has 0 amide bonds. The Morgan fingerprint density at radius 1 is 1.32 bits per heavy atom. The summed E-state index contributed by atoms with van der Waals surface area (Å²) in [7, 11) is 3.46. The summed E-state index contributed by atoms with van der Waals surface area (Å²) in [5.41, 5.74) is 6.75. The lowest BCUT2D eigenvalue weighted by Gasteiger charge is -2.20. The third-order valence-corrected chi connectivity index (χ3v) is 4.67. The van der Waals surface area contributed by atoms with Crippen molar-refractivity contribution in [1.82, 2.24) is 10.2 Å². The molecule has 0 aliphatic carbocycles. The van der Waals surface area contributed by atoms with Gasteiger partial charge in [-0.2, -0.15) is 0 Å². The minimum absolute atomic E-state index is 0.345. The highest BCUT2D eigenvalue weighted by Gasteiger charge is 2.06. The van der Waals surface area contributed by atoms with Gasteiger partial charge in [-0.25, -0.2) is 0 Å². The second-order valence-electron chi connectivity index (χ2n) is 6.23. The number of terminal acetylenes is 1. The smallest absolute Gasteiger partial charge is 0.103 e. The van der Waals surface area contributed by atoms with E-state index in [0.717, 1.165) is 43.8 Å². The molecular formula is C24H48ClN3O3. The molecule has 5 N–H and O–H groups in total. The lowest BCUT2D eigenvalue weighted by Crippen LogP contribution is -2.26. The Morgan fingerprint density at radius 3 is 2.10 bits per heavy atom. The molecule has 1 unspecified atom stereocenters. The molecule has 0 bridgehead atoms. The summed E-state index contributed by atoms with van der Waals surface area (Å²) in [6, 6.07) is 0. The van der Waals surface area contributed by atoms with Gasteiger partial charge in [0.15, 0.2) is 0 Å². The van der Waals surface area contributed by atoms with Gasteiger partial charge in [-0.1, -0.05) is 65.6 Å². The maximum absolute atomic E-state index is 8.97. The maximum atomic E-state index is 8.97. The number of aliphatic hydroxyl groups excluding tert-OH is 2. The zero-order valence-electron chi connectivity index (χ0n) is 21.1. The number of methoxy groups -OCH3 is 1. The second kappa shape index (κ2) is 28.4. The van der Waals surface area contributed by atoms with Crippen LogP contribution in [0.2, 0.25) is 0 Å². The Bertz CT molecular complexity index is 495. The minimum Gasteiger partial charge on any atom is -0.501 e. The molecule has 0 aliphatic rings. The van der Waals surface area contributed by atoms with E-state index in [2.05, 4.69) is 44.0 Å². The van der Waals surface area contributed by atoms with Gasteiger partial charge in [0.1, 0.15) is 6.11 Å². The number of aliphatic hydroxyl groups is 2. The summed E-state index contributed by atoms with van der Waals surface area (Å²) >= 11 is 5.87. The van der Waals surface area contributed by atoms with Crippen LogP contribution in [0.4, 0.5) is 0 Å². The summed E-state index contributed by atoms with van der Waals surface area (Å²) in [4.78, 5) is 2.40. The molecule has 0 heterocycles. The molecule has 0 aromatic rings. The van der Waals surface area contributed by atoms with Gasteiger partial charge in [0.25, 0.3) is 0 Å². The van der Waals surface area contributed by atoms with Crippen LogP contribution in [0.5, 0.6) is 0 Å². The van der Waals surface area contributed by atoms with E-state index in [1.165, 1.54) is 6.11 Å². The van der Waals surface area contributed by atoms with E-state index < -0.39 is 0 Å². The first kappa shape index (κ1) is 36.7. The molecule has 0 saturated carbocycles. The van der Waals surface area contributed by atoms with Crippen molar-refractivity contribution in [3.63, 3.8) is 0 Å². The first-order valence-corrected chi connectivity index (χ1v) is 11.2. The van der Waals surface area contributed by atoms with Gasteiger partial charge in [-0.15, -0.1) is 0 Å². The van der Waals surface area contributed by atoms with Gasteiger partial charge in [0, 0.05) is 24.4 Å². The second-order valence-corrected chi connectivity index (χ2v) is 6.64. The van der Waals surface area contributed by atoms with E-state index in [9.17, 15) is 0 Å². The van der Waals surface area contributed by atoms with Crippen LogP contribution >= 0.6 is 11.6 Å². The van der Waals surface area contributed by atoms with E-state index in [1.54, 1.807) is 13.2 Å². The lowest BCUT2D eigenvalue weighted by atomic mass is 10.0. The summed E-state index contributed by atoms with van der Waals surface area (Å²) < 4.78 is 5.11. The quantitative estimate of drug-likeness (QED) is 0.195. The van der Waals surface area contributed by atoms with Gasteiger partial charge in [0.2, 0.25) is 0 Å². The molecule has 0 aromatic carbocycles. The summed E-state index contributed by atoms with van der Waals surface area (Å²) in [6.07, 6.45) is 9.38. The fraction of sp³-hybridized carbons (Fsp3) is 0.667. The number of hydrogen-bond donors (Lipinski definition) is 4. The number of nitrogens with two attached hydrogens (primary N) is 1. The Hall–Kier alpha value is -1.65. The average molecular weight is 462 g/mol. The number of halogens is 1. The number of likely N-dealkylation sites (N-methyl/N-ethyl adjacent to an activating group) is 1. The van der Waals surface area contributed by atoms with Crippen molar-refractivity contribution in [2.24, 2.45) is 11.7 Å².